The Morgan fingerprint density at radius 3 is 2.67 bits per heavy atom. The van der Waals surface area contributed by atoms with Crippen molar-refractivity contribution in [2.24, 2.45) is 4.99 Å². The number of rotatable bonds is 4. The summed E-state index contributed by atoms with van der Waals surface area (Å²) >= 11 is 9.30. The summed E-state index contributed by atoms with van der Waals surface area (Å²) in [6.07, 6.45) is 1.42. The zero-order chi connectivity index (χ0) is 19.7. The summed E-state index contributed by atoms with van der Waals surface area (Å²) in [6, 6.07) is 10.0. The SMILES string of the molecule is Cc1cc(-n2[nH]c(C)c(C=Nc3ccc(Cl)c(C(=O)O)c3)c2=O)ccc1Br. The van der Waals surface area contributed by atoms with Crippen LogP contribution in [0.2, 0.25) is 5.02 Å². The van der Waals surface area contributed by atoms with Crippen LogP contribution in [0.25, 0.3) is 5.69 Å². The predicted octanol–water partition coefficient (Wildman–Crippen LogP) is 4.65. The number of benzene rings is 2. The number of aromatic amines is 1. The van der Waals surface area contributed by atoms with E-state index in [2.05, 4.69) is 26.0 Å². The molecule has 2 N–H and O–H groups in total. The van der Waals surface area contributed by atoms with Crippen molar-refractivity contribution in [3.05, 3.63) is 78.6 Å². The van der Waals surface area contributed by atoms with E-state index in [1.54, 1.807) is 13.0 Å². The molecule has 0 aliphatic rings. The van der Waals surface area contributed by atoms with E-state index >= 15 is 0 Å². The molecule has 138 valence electrons. The lowest BCUT2D eigenvalue weighted by molar-refractivity contribution is 0.0697. The van der Waals surface area contributed by atoms with E-state index in [-0.39, 0.29) is 16.1 Å². The summed E-state index contributed by atoms with van der Waals surface area (Å²) in [7, 11) is 0. The first-order chi connectivity index (χ1) is 12.8. The number of aliphatic imine (C=N–C) groups is 1. The van der Waals surface area contributed by atoms with E-state index in [0.717, 1.165) is 10.0 Å². The fraction of sp³-hybridized carbons (Fsp3) is 0.105. The van der Waals surface area contributed by atoms with Crippen LogP contribution >= 0.6 is 27.5 Å². The average Bonchev–Trinajstić information content (AvgIpc) is 2.90. The summed E-state index contributed by atoms with van der Waals surface area (Å²) in [5, 5.41) is 12.3. The maximum atomic E-state index is 12.8. The minimum Gasteiger partial charge on any atom is -0.478 e. The lowest BCUT2D eigenvalue weighted by Gasteiger charge is -2.04. The van der Waals surface area contributed by atoms with E-state index in [9.17, 15) is 9.59 Å². The van der Waals surface area contributed by atoms with Crippen LogP contribution in [0.1, 0.15) is 27.2 Å². The molecule has 27 heavy (non-hydrogen) atoms. The number of H-pyrrole nitrogens is 1. The molecule has 0 saturated heterocycles. The van der Waals surface area contributed by atoms with Crippen LogP contribution in [0, 0.1) is 13.8 Å². The normalized spacial score (nSPS) is 11.3. The van der Waals surface area contributed by atoms with Crippen molar-refractivity contribution < 1.29 is 9.90 Å². The molecule has 0 aliphatic carbocycles. The predicted molar refractivity (Wildman–Crippen MR) is 109 cm³/mol. The first-order valence-electron chi connectivity index (χ1n) is 7.93. The molecule has 0 unspecified atom stereocenters. The molecule has 6 nitrogen and oxygen atoms in total. The molecule has 3 aromatic rings. The van der Waals surface area contributed by atoms with Crippen molar-refractivity contribution in [3.8, 4) is 5.69 Å². The van der Waals surface area contributed by atoms with Crippen molar-refractivity contribution >= 4 is 45.4 Å². The van der Waals surface area contributed by atoms with Crippen molar-refractivity contribution in [1.29, 1.82) is 0 Å². The van der Waals surface area contributed by atoms with Gasteiger partial charge in [-0.2, -0.15) is 0 Å². The molecular weight excluding hydrogens is 434 g/mol. The molecule has 0 amide bonds. The molecule has 0 aliphatic heterocycles. The van der Waals surface area contributed by atoms with Gasteiger partial charge in [0.2, 0.25) is 0 Å². The molecule has 0 spiro atoms. The van der Waals surface area contributed by atoms with Crippen LogP contribution in [0.5, 0.6) is 0 Å². The second-order valence-corrected chi connectivity index (χ2v) is 7.21. The monoisotopic (exact) mass is 447 g/mol. The van der Waals surface area contributed by atoms with Gasteiger partial charge in [-0.05, 0) is 55.8 Å². The van der Waals surface area contributed by atoms with Crippen molar-refractivity contribution in [2.75, 3.05) is 0 Å². The first kappa shape index (κ1) is 19.1. The van der Waals surface area contributed by atoms with Gasteiger partial charge in [-0.25, -0.2) is 9.48 Å². The van der Waals surface area contributed by atoms with Gasteiger partial charge in [-0.1, -0.05) is 27.5 Å². The van der Waals surface area contributed by atoms with E-state index in [1.165, 1.54) is 23.0 Å². The van der Waals surface area contributed by atoms with Crippen LogP contribution in [0.15, 0.2) is 50.7 Å². The first-order valence-corrected chi connectivity index (χ1v) is 9.10. The van der Waals surface area contributed by atoms with Crippen molar-refractivity contribution in [1.82, 2.24) is 9.78 Å². The lowest BCUT2D eigenvalue weighted by atomic mass is 10.2. The molecular formula is C19H15BrClN3O3. The highest BCUT2D eigenvalue weighted by molar-refractivity contribution is 9.10. The molecule has 1 heterocycles. The molecule has 3 rings (SSSR count). The summed E-state index contributed by atoms with van der Waals surface area (Å²) in [4.78, 5) is 28.2. The standard InChI is InChI=1S/C19H15BrClN3O3/c1-10-7-13(4-5-16(10)20)24-18(25)15(11(2)23-24)9-22-12-3-6-17(21)14(8-12)19(26)27/h3-9,23H,1-2H3,(H,26,27). The number of halogens is 2. The Morgan fingerprint density at radius 1 is 1.26 bits per heavy atom. The maximum Gasteiger partial charge on any atom is 0.337 e. The Balaban J connectivity index is 1.99. The molecule has 2 aromatic carbocycles. The summed E-state index contributed by atoms with van der Waals surface area (Å²) in [5.74, 6) is -1.14. The van der Waals surface area contributed by atoms with E-state index in [4.69, 9.17) is 16.7 Å². The van der Waals surface area contributed by atoms with E-state index < -0.39 is 5.97 Å². The minimum absolute atomic E-state index is 0.0418. The number of carboxylic acid groups (broad SMARTS) is 1. The fourth-order valence-electron chi connectivity index (χ4n) is 2.56. The second kappa shape index (κ2) is 7.54. The van der Waals surface area contributed by atoms with Gasteiger partial charge in [0.1, 0.15) is 0 Å². The average molecular weight is 449 g/mol. The third-order valence-electron chi connectivity index (χ3n) is 4.04. The Hall–Kier alpha value is -2.64. The van der Waals surface area contributed by atoms with Gasteiger partial charge in [0.25, 0.3) is 5.56 Å². The number of hydrogen-bond acceptors (Lipinski definition) is 3. The number of aromatic nitrogens is 2. The fourth-order valence-corrected chi connectivity index (χ4v) is 3.00. The number of aryl methyl sites for hydroxylation is 2. The van der Waals surface area contributed by atoms with Gasteiger partial charge >= 0.3 is 5.97 Å². The van der Waals surface area contributed by atoms with Gasteiger partial charge in [0, 0.05) is 16.4 Å². The molecule has 1 aromatic heterocycles. The largest absolute Gasteiger partial charge is 0.478 e. The Labute approximate surface area is 168 Å². The van der Waals surface area contributed by atoms with Crippen LogP contribution in [0.4, 0.5) is 5.69 Å². The topological polar surface area (TPSA) is 87.4 Å². The van der Waals surface area contributed by atoms with Gasteiger partial charge in [0.05, 0.1) is 27.5 Å². The lowest BCUT2D eigenvalue weighted by Crippen LogP contribution is -2.17. The number of carbonyl (C=O) groups is 1. The number of nitrogens with one attached hydrogen (secondary N) is 1. The highest BCUT2D eigenvalue weighted by Gasteiger charge is 2.12. The maximum absolute atomic E-state index is 12.8. The third-order valence-corrected chi connectivity index (χ3v) is 5.26. The van der Waals surface area contributed by atoms with Gasteiger partial charge < -0.3 is 5.11 Å². The number of aromatic carboxylic acids is 1. The quantitative estimate of drug-likeness (QED) is 0.570. The second-order valence-electron chi connectivity index (χ2n) is 5.95. The highest BCUT2D eigenvalue weighted by Crippen LogP contribution is 2.23. The molecule has 0 radical (unpaired) electrons. The Kier molecular flexibility index (Phi) is 5.34. The van der Waals surface area contributed by atoms with Crippen LogP contribution in [-0.2, 0) is 0 Å². The zero-order valence-electron chi connectivity index (χ0n) is 14.5. The number of nitrogens with zero attached hydrogens (tertiary/aromatic N) is 2. The summed E-state index contributed by atoms with van der Waals surface area (Å²) in [6.45, 7) is 3.72. The summed E-state index contributed by atoms with van der Waals surface area (Å²) in [5.41, 5.74) is 2.86. The molecule has 0 atom stereocenters. The smallest absolute Gasteiger partial charge is 0.337 e. The minimum atomic E-state index is -1.14. The van der Waals surface area contributed by atoms with Crippen molar-refractivity contribution in [2.45, 2.75) is 13.8 Å². The number of hydrogen-bond donors (Lipinski definition) is 2. The van der Waals surface area contributed by atoms with Gasteiger partial charge in [-0.15, -0.1) is 0 Å². The van der Waals surface area contributed by atoms with Gasteiger partial charge in [0.15, 0.2) is 0 Å². The van der Waals surface area contributed by atoms with E-state index in [1.807, 2.05) is 25.1 Å². The molecule has 0 fully saturated rings. The Bertz CT molecular complexity index is 1130. The van der Waals surface area contributed by atoms with Crippen LogP contribution < -0.4 is 5.56 Å². The zero-order valence-corrected chi connectivity index (χ0v) is 16.8. The molecule has 0 saturated carbocycles. The molecule has 0 bridgehead atoms. The number of carboxylic acids is 1. The summed E-state index contributed by atoms with van der Waals surface area (Å²) < 4.78 is 2.40. The third kappa shape index (κ3) is 3.89. The Morgan fingerprint density at radius 2 is 2.00 bits per heavy atom. The van der Waals surface area contributed by atoms with Crippen LogP contribution in [-0.4, -0.2) is 27.1 Å². The van der Waals surface area contributed by atoms with Gasteiger partial charge in [-0.3, -0.25) is 14.9 Å². The molecule has 8 heteroatoms. The highest BCUT2D eigenvalue weighted by atomic mass is 79.9. The van der Waals surface area contributed by atoms with Crippen LogP contribution in [0.3, 0.4) is 0 Å². The van der Waals surface area contributed by atoms with E-state index in [0.29, 0.717) is 22.6 Å². The van der Waals surface area contributed by atoms with Crippen molar-refractivity contribution in [3.63, 3.8) is 0 Å².